The van der Waals surface area contributed by atoms with Crippen molar-refractivity contribution < 1.29 is 13.9 Å². The first kappa shape index (κ1) is 20.5. The maximum Gasteiger partial charge on any atom is 0.257 e. The molecule has 7 nitrogen and oxygen atoms in total. The molecule has 28 heavy (non-hydrogen) atoms. The van der Waals surface area contributed by atoms with Crippen LogP contribution in [0.3, 0.4) is 0 Å². The minimum Gasteiger partial charge on any atom is -0.419 e. The minimum absolute atomic E-state index is 0.139. The highest BCUT2D eigenvalue weighted by Crippen LogP contribution is 2.23. The van der Waals surface area contributed by atoms with E-state index in [1.807, 2.05) is 35.4 Å². The SMILES string of the molecule is COCCN(CC(=O)Nc1ccc(Cl)cc1C)Cc1nnc(-c2cccs2)o1. The molecule has 0 fully saturated rings. The number of hydrogen-bond donors (Lipinski definition) is 1. The Kier molecular flexibility index (Phi) is 7.16. The van der Waals surface area contributed by atoms with E-state index in [-0.39, 0.29) is 12.5 Å². The number of aryl methyl sites for hydroxylation is 1. The van der Waals surface area contributed by atoms with Gasteiger partial charge in [-0.25, -0.2) is 0 Å². The smallest absolute Gasteiger partial charge is 0.257 e. The fourth-order valence-corrected chi connectivity index (χ4v) is 3.47. The normalized spacial score (nSPS) is 11.1. The van der Waals surface area contributed by atoms with Crippen LogP contribution >= 0.6 is 22.9 Å². The Morgan fingerprint density at radius 1 is 1.36 bits per heavy atom. The fraction of sp³-hybridized carbons (Fsp3) is 0.316. The highest BCUT2D eigenvalue weighted by molar-refractivity contribution is 7.13. The maximum absolute atomic E-state index is 12.5. The van der Waals surface area contributed by atoms with E-state index in [9.17, 15) is 4.79 Å². The minimum atomic E-state index is -0.139. The molecule has 3 rings (SSSR count). The first-order valence-electron chi connectivity index (χ1n) is 8.68. The Morgan fingerprint density at radius 2 is 2.21 bits per heavy atom. The molecule has 2 aromatic heterocycles. The van der Waals surface area contributed by atoms with Gasteiger partial charge in [-0.2, -0.15) is 0 Å². The Bertz CT molecular complexity index is 914. The molecule has 1 amide bonds. The first-order valence-corrected chi connectivity index (χ1v) is 9.94. The Morgan fingerprint density at radius 3 is 2.93 bits per heavy atom. The Hall–Kier alpha value is -2.26. The van der Waals surface area contributed by atoms with Crippen molar-refractivity contribution in [3.63, 3.8) is 0 Å². The summed E-state index contributed by atoms with van der Waals surface area (Å²) in [5.41, 5.74) is 1.64. The molecule has 1 N–H and O–H groups in total. The number of anilines is 1. The second kappa shape index (κ2) is 9.79. The number of amides is 1. The molecule has 0 bridgehead atoms. The number of thiophene rings is 1. The summed E-state index contributed by atoms with van der Waals surface area (Å²) in [6.45, 7) is 3.46. The van der Waals surface area contributed by atoms with Gasteiger partial charge in [-0.3, -0.25) is 9.69 Å². The summed E-state index contributed by atoms with van der Waals surface area (Å²) in [6.07, 6.45) is 0. The summed E-state index contributed by atoms with van der Waals surface area (Å²) in [5, 5.41) is 13.7. The van der Waals surface area contributed by atoms with Gasteiger partial charge in [0.2, 0.25) is 11.8 Å². The third-order valence-corrected chi connectivity index (χ3v) is 5.09. The van der Waals surface area contributed by atoms with Crippen LogP contribution in [0.15, 0.2) is 40.1 Å². The van der Waals surface area contributed by atoms with Crippen LogP contribution < -0.4 is 5.32 Å². The lowest BCUT2D eigenvalue weighted by molar-refractivity contribution is -0.117. The highest BCUT2D eigenvalue weighted by atomic mass is 35.5. The van der Waals surface area contributed by atoms with Gasteiger partial charge in [-0.15, -0.1) is 21.5 Å². The van der Waals surface area contributed by atoms with Gasteiger partial charge in [0.1, 0.15) is 0 Å². The fourth-order valence-electron chi connectivity index (χ4n) is 2.60. The molecular formula is C19H21ClN4O3S. The van der Waals surface area contributed by atoms with Gasteiger partial charge in [0.25, 0.3) is 5.89 Å². The second-order valence-corrected chi connectivity index (χ2v) is 7.57. The van der Waals surface area contributed by atoms with Gasteiger partial charge < -0.3 is 14.5 Å². The lowest BCUT2D eigenvalue weighted by atomic mass is 10.2. The Labute approximate surface area is 172 Å². The van der Waals surface area contributed by atoms with Crippen molar-refractivity contribution in [2.45, 2.75) is 13.5 Å². The van der Waals surface area contributed by atoms with Crippen molar-refractivity contribution in [1.29, 1.82) is 0 Å². The third kappa shape index (κ3) is 5.62. The molecule has 3 aromatic rings. The van der Waals surface area contributed by atoms with Crippen LogP contribution in [-0.4, -0.2) is 47.8 Å². The van der Waals surface area contributed by atoms with Gasteiger partial charge in [-0.1, -0.05) is 17.7 Å². The molecular weight excluding hydrogens is 400 g/mol. The Balaban J connectivity index is 1.63. The van der Waals surface area contributed by atoms with Crippen LogP contribution in [-0.2, 0) is 16.1 Å². The maximum atomic E-state index is 12.5. The summed E-state index contributed by atoms with van der Waals surface area (Å²) in [4.78, 5) is 15.3. The summed E-state index contributed by atoms with van der Waals surface area (Å²) in [7, 11) is 1.62. The van der Waals surface area contributed by atoms with Crippen molar-refractivity contribution in [2.75, 3.05) is 32.1 Å². The lowest BCUT2D eigenvalue weighted by Crippen LogP contribution is -2.35. The molecule has 2 heterocycles. The van der Waals surface area contributed by atoms with Crippen LogP contribution in [0, 0.1) is 6.92 Å². The van der Waals surface area contributed by atoms with Crippen LogP contribution in [0.4, 0.5) is 5.69 Å². The van der Waals surface area contributed by atoms with Crippen LogP contribution in [0.2, 0.25) is 5.02 Å². The molecule has 0 aliphatic carbocycles. The van der Waals surface area contributed by atoms with Crippen molar-refractivity contribution >= 4 is 34.5 Å². The van der Waals surface area contributed by atoms with Gasteiger partial charge >= 0.3 is 0 Å². The van der Waals surface area contributed by atoms with E-state index in [4.69, 9.17) is 20.8 Å². The molecule has 148 valence electrons. The van der Waals surface area contributed by atoms with Crippen molar-refractivity contribution in [3.05, 3.63) is 52.2 Å². The number of rotatable bonds is 9. The number of ether oxygens (including phenoxy) is 1. The van der Waals surface area contributed by atoms with Crippen LogP contribution in [0.25, 0.3) is 10.8 Å². The predicted molar refractivity (Wildman–Crippen MR) is 110 cm³/mol. The zero-order valence-corrected chi connectivity index (χ0v) is 17.2. The molecule has 0 aliphatic rings. The second-order valence-electron chi connectivity index (χ2n) is 6.19. The van der Waals surface area contributed by atoms with E-state index < -0.39 is 0 Å². The number of hydrogen-bond acceptors (Lipinski definition) is 7. The first-order chi connectivity index (χ1) is 13.5. The van der Waals surface area contributed by atoms with E-state index in [0.717, 1.165) is 16.1 Å². The van der Waals surface area contributed by atoms with E-state index in [1.54, 1.807) is 19.2 Å². The predicted octanol–water partition coefficient (Wildman–Crippen LogP) is 3.85. The van der Waals surface area contributed by atoms with Crippen molar-refractivity contribution in [2.24, 2.45) is 0 Å². The molecule has 0 saturated heterocycles. The number of nitrogens with zero attached hydrogens (tertiary/aromatic N) is 3. The van der Waals surface area contributed by atoms with Crippen molar-refractivity contribution in [3.8, 4) is 10.8 Å². The number of carbonyl (C=O) groups is 1. The van der Waals surface area contributed by atoms with Gasteiger partial charge in [0.05, 0.1) is 24.6 Å². The summed E-state index contributed by atoms with van der Waals surface area (Å²) in [6, 6.07) is 9.20. The standard InChI is InChI=1S/C19H21ClN4O3S/c1-13-10-14(20)5-6-15(13)21-17(25)11-24(7-8-26-2)12-18-22-23-19(27-18)16-4-3-9-28-16/h3-6,9-10H,7-8,11-12H2,1-2H3,(H,21,25). The topological polar surface area (TPSA) is 80.5 Å². The third-order valence-electron chi connectivity index (χ3n) is 4.00. The van der Waals surface area contributed by atoms with Crippen LogP contribution in [0.5, 0.6) is 0 Å². The number of methoxy groups -OCH3 is 1. The molecule has 0 spiro atoms. The number of carbonyl (C=O) groups excluding carboxylic acids is 1. The quantitative estimate of drug-likeness (QED) is 0.566. The van der Waals surface area contributed by atoms with Crippen molar-refractivity contribution in [1.82, 2.24) is 15.1 Å². The summed E-state index contributed by atoms with van der Waals surface area (Å²) < 4.78 is 10.9. The number of aromatic nitrogens is 2. The van der Waals surface area contributed by atoms with E-state index >= 15 is 0 Å². The highest BCUT2D eigenvalue weighted by Gasteiger charge is 2.17. The summed E-state index contributed by atoms with van der Waals surface area (Å²) >= 11 is 7.50. The van der Waals surface area contributed by atoms with E-state index in [2.05, 4.69) is 15.5 Å². The molecule has 0 aliphatic heterocycles. The zero-order valence-electron chi connectivity index (χ0n) is 15.6. The molecule has 1 aromatic carbocycles. The van der Waals surface area contributed by atoms with Crippen LogP contribution in [0.1, 0.15) is 11.5 Å². The monoisotopic (exact) mass is 420 g/mol. The summed E-state index contributed by atoms with van der Waals surface area (Å²) in [5.74, 6) is 0.799. The molecule has 0 saturated carbocycles. The number of nitrogens with one attached hydrogen (secondary N) is 1. The number of benzene rings is 1. The number of halogens is 1. The largest absolute Gasteiger partial charge is 0.419 e. The average Bonchev–Trinajstić information content (AvgIpc) is 3.33. The molecule has 9 heteroatoms. The zero-order chi connectivity index (χ0) is 19.9. The van der Waals surface area contributed by atoms with E-state index in [0.29, 0.717) is 36.5 Å². The van der Waals surface area contributed by atoms with Gasteiger partial charge in [0, 0.05) is 24.4 Å². The molecule has 0 atom stereocenters. The molecule has 0 unspecified atom stereocenters. The lowest BCUT2D eigenvalue weighted by Gasteiger charge is -2.20. The average molecular weight is 421 g/mol. The van der Waals surface area contributed by atoms with Gasteiger partial charge in [-0.05, 0) is 42.1 Å². The van der Waals surface area contributed by atoms with Gasteiger partial charge in [0.15, 0.2) is 0 Å². The van der Waals surface area contributed by atoms with E-state index in [1.165, 1.54) is 11.3 Å². The molecule has 0 radical (unpaired) electrons.